The number of esters is 1. The van der Waals surface area contributed by atoms with Gasteiger partial charge in [0.25, 0.3) is 0 Å². The third-order valence-corrected chi connectivity index (χ3v) is 2.40. The standard InChI is InChI=1S/C9H8BrFO3/c1-14-9(13)8(12)6-4-5(11)2-3-7(6)10/h2-4,8,12H,1H3. The van der Waals surface area contributed by atoms with Crippen LogP contribution in [0.25, 0.3) is 0 Å². The molecule has 1 atom stereocenters. The lowest BCUT2D eigenvalue weighted by Crippen LogP contribution is -2.14. The molecule has 0 heterocycles. The van der Waals surface area contributed by atoms with Crippen LogP contribution in [-0.2, 0) is 9.53 Å². The fourth-order valence-corrected chi connectivity index (χ4v) is 1.43. The van der Waals surface area contributed by atoms with Crippen LogP contribution in [0.4, 0.5) is 4.39 Å². The number of ether oxygens (including phenoxy) is 1. The van der Waals surface area contributed by atoms with E-state index in [1.54, 1.807) is 0 Å². The highest BCUT2D eigenvalue weighted by Gasteiger charge is 2.20. The molecule has 14 heavy (non-hydrogen) atoms. The number of rotatable bonds is 2. The quantitative estimate of drug-likeness (QED) is 0.827. The zero-order chi connectivity index (χ0) is 10.7. The van der Waals surface area contributed by atoms with Crippen molar-refractivity contribution in [3.8, 4) is 0 Å². The summed E-state index contributed by atoms with van der Waals surface area (Å²) in [5.74, 6) is -1.34. The number of carbonyl (C=O) groups excluding carboxylic acids is 1. The van der Waals surface area contributed by atoms with E-state index in [2.05, 4.69) is 20.7 Å². The number of hydrogen-bond acceptors (Lipinski definition) is 3. The molecule has 5 heteroatoms. The molecule has 0 aliphatic rings. The Balaban J connectivity index is 3.05. The zero-order valence-electron chi connectivity index (χ0n) is 7.33. The van der Waals surface area contributed by atoms with E-state index in [1.165, 1.54) is 12.1 Å². The van der Waals surface area contributed by atoms with Crippen LogP contribution in [0.15, 0.2) is 22.7 Å². The number of carbonyl (C=O) groups is 1. The molecule has 0 aliphatic heterocycles. The molecular weight excluding hydrogens is 255 g/mol. The molecule has 3 nitrogen and oxygen atoms in total. The minimum absolute atomic E-state index is 0.150. The van der Waals surface area contributed by atoms with Gasteiger partial charge in [0, 0.05) is 10.0 Å². The largest absolute Gasteiger partial charge is 0.467 e. The molecule has 1 aromatic carbocycles. The van der Waals surface area contributed by atoms with Crippen molar-refractivity contribution >= 4 is 21.9 Å². The number of halogens is 2. The summed E-state index contributed by atoms with van der Waals surface area (Å²) in [4.78, 5) is 11.0. The Morgan fingerprint density at radius 1 is 1.64 bits per heavy atom. The third-order valence-electron chi connectivity index (χ3n) is 1.68. The van der Waals surface area contributed by atoms with Crippen LogP contribution in [0.3, 0.4) is 0 Å². The van der Waals surface area contributed by atoms with Crippen molar-refractivity contribution in [2.75, 3.05) is 7.11 Å². The summed E-state index contributed by atoms with van der Waals surface area (Å²) in [5, 5.41) is 9.42. The summed E-state index contributed by atoms with van der Waals surface area (Å²) in [5.41, 5.74) is 0.150. The maximum absolute atomic E-state index is 12.8. The van der Waals surface area contributed by atoms with E-state index < -0.39 is 17.9 Å². The SMILES string of the molecule is COC(=O)C(O)c1cc(F)ccc1Br. The van der Waals surface area contributed by atoms with Crippen LogP contribution in [-0.4, -0.2) is 18.2 Å². The molecule has 0 saturated carbocycles. The lowest BCUT2D eigenvalue weighted by atomic mass is 10.1. The summed E-state index contributed by atoms with van der Waals surface area (Å²) < 4.78 is 17.6. The van der Waals surface area contributed by atoms with Gasteiger partial charge in [0.1, 0.15) is 5.82 Å². The third kappa shape index (κ3) is 2.30. The Kier molecular flexibility index (Phi) is 3.60. The molecule has 0 aliphatic carbocycles. The summed E-state index contributed by atoms with van der Waals surface area (Å²) in [6, 6.07) is 3.71. The second-order valence-corrected chi connectivity index (χ2v) is 3.45. The van der Waals surface area contributed by atoms with Crippen molar-refractivity contribution in [3.63, 3.8) is 0 Å². The average molecular weight is 263 g/mol. The van der Waals surface area contributed by atoms with Gasteiger partial charge < -0.3 is 9.84 Å². The monoisotopic (exact) mass is 262 g/mol. The minimum atomic E-state index is -1.47. The normalized spacial score (nSPS) is 12.3. The summed E-state index contributed by atoms with van der Waals surface area (Å²) in [6.07, 6.45) is -1.47. The highest BCUT2D eigenvalue weighted by atomic mass is 79.9. The average Bonchev–Trinajstić information content (AvgIpc) is 2.19. The van der Waals surface area contributed by atoms with Crippen molar-refractivity contribution < 1.29 is 19.0 Å². The molecule has 0 spiro atoms. The van der Waals surface area contributed by atoms with Crippen molar-refractivity contribution in [2.45, 2.75) is 6.10 Å². The first-order chi connectivity index (χ1) is 6.56. The van der Waals surface area contributed by atoms with E-state index in [1.807, 2.05) is 0 Å². The lowest BCUT2D eigenvalue weighted by molar-refractivity contribution is -0.150. The van der Waals surface area contributed by atoms with Crippen molar-refractivity contribution in [1.82, 2.24) is 0 Å². The second-order valence-electron chi connectivity index (χ2n) is 2.59. The van der Waals surface area contributed by atoms with Crippen molar-refractivity contribution in [3.05, 3.63) is 34.1 Å². The Morgan fingerprint density at radius 3 is 2.86 bits per heavy atom. The topological polar surface area (TPSA) is 46.5 Å². The first-order valence-corrected chi connectivity index (χ1v) is 4.56. The Bertz CT molecular complexity index is 354. The molecular formula is C9H8BrFO3. The van der Waals surface area contributed by atoms with E-state index >= 15 is 0 Å². The summed E-state index contributed by atoms with van der Waals surface area (Å²) in [6.45, 7) is 0. The van der Waals surface area contributed by atoms with E-state index in [0.29, 0.717) is 4.47 Å². The molecule has 0 fully saturated rings. The van der Waals surface area contributed by atoms with Crippen molar-refractivity contribution in [1.29, 1.82) is 0 Å². The molecule has 1 unspecified atom stereocenters. The van der Waals surface area contributed by atoms with Gasteiger partial charge in [-0.1, -0.05) is 15.9 Å². The number of hydrogen-bond donors (Lipinski definition) is 1. The van der Waals surface area contributed by atoms with Crippen LogP contribution in [0.5, 0.6) is 0 Å². The predicted molar refractivity (Wildman–Crippen MR) is 51.1 cm³/mol. The first-order valence-electron chi connectivity index (χ1n) is 3.77. The van der Waals surface area contributed by atoms with Gasteiger partial charge >= 0.3 is 5.97 Å². The van der Waals surface area contributed by atoms with Crippen LogP contribution < -0.4 is 0 Å². The lowest BCUT2D eigenvalue weighted by Gasteiger charge is -2.10. The molecule has 1 N–H and O–H groups in total. The Hall–Kier alpha value is -0.940. The smallest absolute Gasteiger partial charge is 0.339 e. The van der Waals surface area contributed by atoms with Gasteiger partial charge in [0.2, 0.25) is 0 Å². The summed E-state index contributed by atoms with van der Waals surface area (Å²) in [7, 11) is 1.15. The maximum Gasteiger partial charge on any atom is 0.339 e. The molecule has 0 aromatic heterocycles. The fraction of sp³-hybridized carbons (Fsp3) is 0.222. The number of benzene rings is 1. The molecule has 0 amide bonds. The van der Waals surface area contributed by atoms with Crippen LogP contribution in [0.1, 0.15) is 11.7 Å². The molecule has 0 bridgehead atoms. The van der Waals surface area contributed by atoms with Gasteiger partial charge in [-0.05, 0) is 18.2 Å². The van der Waals surface area contributed by atoms with Gasteiger partial charge in [-0.25, -0.2) is 9.18 Å². The molecule has 0 radical (unpaired) electrons. The molecule has 1 rings (SSSR count). The second kappa shape index (κ2) is 4.52. The van der Waals surface area contributed by atoms with Gasteiger partial charge in [-0.15, -0.1) is 0 Å². The van der Waals surface area contributed by atoms with Gasteiger partial charge in [0.05, 0.1) is 7.11 Å². The van der Waals surface area contributed by atoms with Gasteiger partial charge in [-0.3, -0.25) is 0 Å². The van der Waals surface area contributed by atoms with E-state index in [0.717, 1.165) is 13.2 Å². The molecule has 0 saturated heterocycles. The van der Waals surface area contributed by atoms with Gasteiger partial charge in [-0.2, -0.15) is 0 Å². The zero-order valence-corrected chi connectivity index (χ0v) is 8.92. The maximum atomic E-state index is 12.8. The highest BCUT2D eigenvalue weighted by molar-refractivity contribution is 9.10. The van der Waals surface area contributed by atoms with Gasteiger partial charge in [0.15, 0.2) is 6.10 Å². The Morgan fingerprint density at radius 2 is 2.29 bits per heavy atom. The van der Waals surface area contributed by atoms with Crippen LogP contribution >= 0.6 is 15.9 Å². The number of aliphatic hydroxyl groups excluding tert-OH is 1. The minimum Gasteiger partial charge on any atom is -0.467 e. The van der Waals surface area contributed by atoms with E-state index in [4.69, 9.17) is 0 Å². The molecule has 76 valence electrons. The summed E-state index contributed by atoms with van der Waals surface area (Å²) >= 11 is 3.09. The molecule has 1 aromatic rings. The van der Waals surface area contributed by atoms with E-state index in [-0.39, 0.29) is 5.56 Å². The number of methoxy groups -OCH3 is 1. The first kappa shape index (κ1) is 11.1. The van der Waals surface area contributed by atoms with E-state index in [9.17, 15) is 14.3 Å². The van der Waals surface area contributed by atoms with Crippen LogP contribution in [0, 0.1) is 5.82 Å². The van der Waals surface area contributed by atoms with Crippen LogP contribution in [0.2, 0.25) is 0 Å². The highest BCUT2D eigenvalue weighted by Crippen LogP contribution is 2.24. The Labute approximate surface area is 88.6 Å². The number of aliphatic hydroxyl groups is 1. The predicted octanol–water partition coefficient (Wildman–Crippen LogP) is 1.79. The fourth-order valence-electron chi connectivity index (χ4n) is 0.963. The van der Waals surface area contributed by atoms with Crippen molar-refractivity contribution in [2.24, 2.45) is 0 Å².